The van der Waals surface area contributed by atoms with Crippen molar-refractivity contribution >= 4 is 11.9 Å². The third-order valence-electron chi connectivity index (χ3n) is 4.04. The molecule has 2 rings (SSSR count). The molecule has 0 aliphatic heterocycles. The fraction of sp³-hybridized carbons (Fsp3) is 0.318. The molecule has 0 amide bonds. The normalized spacial score (nSPS) is 10.8. The molecular weight excluding hydrogens is 328 g/mol. The molecule has 0 spiro atoms. The van der Waals surface area contributed by atoms with Gasteiger partial charge in [0, 0.05) is 17.2 Å². The highest BCUT2D eigenvalue weighted by Gasteiger charge is 2.11. The van der Waals surface area contributed by atoms with Crippen LogP contribution in [0.25, 0.3) is 6.08 Å². The Morgan fingerprint density at radius 3 is 2.31 bits per heavy atom. The van der Waals surface area contributed by atoms with E-state index in [-0.39, 0.29) is 5.78 Å². The van der Waals surface area contributed by atoms with Crippen LogP contribution in [0, 0.1) is 0 Å². The monoisotopic (exact) mass is 354 g/mol. The van der Waals surface area contributed by atoms with E-state index in [0.717, 1.165) is 35.5 Å². The lowest BCUT2D eigenvalue weighted by Gasteiger charge is -2.13. The first-order valence-corrected chi connectivity index (χ1v) is 8.83. The topological polar surface area (TPSA) is 44.8 Å². The molecule has 4 nitrogen and oxygen atoms in total. The lowest BCUT2D eigenvalue weighted by atomic mass is 10.00. The zero-order chi connectivity index (χ0) is 18.9. The number of methoxy groups -OCH3 is 2. The van der Waals surface area contributed by atoms with Crippen molar-refractivity contribution in [3.05, 3.63) is 59.2 Å². The molecule has 0 aliphatic carbocycles. The van der Waals surface area contributed by atoms with E-state index in [1.807, 2.05) is 37.3 Å². The van der Waals surface area contributed by atoms with Gasteiger partial charge in [-0.15, -0.1) is 0 Å². The summed E-state index contributed by atoms with van der Waals surface area (Å²) in [5, 5.41) is 0. The SMILES string of the molecule is CCCc1c(C=CC(=O)c2ccc(OCC)cc2)cc(OC)cc1OC. The first kappa shape index (κ1) is 19.6. The van der Waals surface area contributed by atoms with Crippen molar-refractivity contribution in [3.63, 3.8) is 0 Å². The molecule has 0 heterocycles. The maximum Gasteiger partial charge on any atom is 0.185 e. The van der Waals surface area contributed by atoms with Gasteiger partial charge in [-0.25, -0.2) is 0 Å². The maximum absolute atomic E-state index is 12.5. The van der Waals surface area contributed by atoms with Crippen LogP contribution >= 0.6 is 0 Å². The lowest BCUT2D eigenvalue weighted by Crippen LogP contribution is -1.99. The van der Waals surface area contributed by atoms with Gasteiger partial charge in [0.25, 0.3) is 0 Å². The second-order valence-electron chi connectivity index (χ2n) is 5.80. The Kier molecular flexibility index (Phi) is 7.27. The van der Waals surface area contributed by atoms with Crippen molar-refractivity contribution in [2.75, 3.05) is 20.8 Å². The van der Waals surface area contributed by atoms with Gasteiger partial charge in [-0.1, -0.05) is 19.4 Å². The van der Waals surface area contributed by atoms with Crippen LogP contribution in [0.2, 0.25) is 0 Å². The molecule has 0 saturated carbocycles. The maximum atomic E-state index is 12.5. The minimum absolute atomic E-state index is 0.0581. The highest BCUT2D eigenvalue weighted by atomic mass is 16.5. The van der Waals surface area contributed by atoms with E-state index in [1.165, 1.54) is 0 Å². The number of carbonyl (C=O) groups is 1. The lowest BCUT2D eigenvalue weighted by molar-refractivity contribution is 0.104. The molecule has 138 valence electrons. The van der Waals surface area contributed by atoms with Gasteiger partial charge >= 0.3 is 0 Å². The zero-order valence-corrected chi connectivity index (χ0v) is 15.9. The van der Waals surface area contributed by atoms with Crippen LogP contribution in [0.15, 0.2) is 42.5 Å². The van der Waals surface area contributed by atoms with Gasteiger partial charge < -0.3 is 14.2 Å². The Labute approximate surface area is 155 Å². The molecule has 0 radical (unpaired) electrons. The molecule has 4 heteroatoms. The summed E-state index contributed by atoms with van der Waals surface area (Å²) in [6.45, 7) is 4.64. The molecule has 2 aromatic rings. The summed E-state index contributed by atoms with van der Waals surface area (Å²) >= 11 is 0. The van der Waals surface area contributed by atoms with Crippen LogP contribution in [0.1, 0.15) is 41.8 Å². The Bertz CT molecular complexity index is 760. The van der Waals surface area contributed by atoms with E-state index in [9.17, 15) is 4.79 Å². The molecule has 0 bridgehead atoms. The zero-order valence-electron chi connectivity index (χ0n) is 15.9. The minimum atomic E-state index is -0.0581. The third kappa shape index (κ3) is 4.88. The van der Waals surface area contributed by atoms with Gasteiger partial charge in [-0.05, 0) is 55.3 Å². The van der Waals surface area contributed by atoms with E-state index in [0.29, 0.717) is 17.9 Å². The summed E-state index contributed by atoms with van der Waals surface area (Å²) in [6, 6.07) is 11.0. The molecule has 26 heavy (non-hydrogen) atoms. The van der Waals surface area contributed by atoms with Crippen LogP contribution in [0.5, 0.6) is 17.2 Å². The van der Waals surface area contributed by atoms with Crippen LogP contribution < -0.4 is 14.2 Å². The van der Waals surface area contributed by atoms with E-state index in [2.05, 4.69) is 6.92 Å². The van der Waals surface area contributed by atoms with Gasteiger partial charge in [0.05, 0.1) is 20.8 Å². The fourth-order valence-electron chi connectivity index (χ4n) is 2.75. The Hall–Kier alpha value is -2.75. The second-order valence-corrected chi connectivity index (χ2v) is 5.80. The molecule has 0 atom stereocenters. The minimum Gasteiger partial charge on any atom is -0.497 e. The van der Waals surface area contributed by atoms with Gasteiger partial charge in [0.15, 0.2) is 5.78 Å². The molecule has 0 aliphatic rings. The number of hydrogen-bond donors (Lipinski definition) is 0. The predicted molar refractivity (Wildman–Crippen MR) is 105 cm³/mol. The second kappa shape index (κ2) is 9.66. The molecule has 0 aromatic heterocycles. The number of allylic oxidation sites excluding steroid dienone is 1. The van der Waals surface area contributed by atoms with Crippen LogP contribution in [0.4, 0.5) is 0 Å². The van der Waals surface area contributed by atoms with Crippen LogP contribution in [0.3, 0.4) is 0 Å². The van der Waals surface area contributed by atoms with E-state index < -0.39 is 0 Å². The van der Waals surface area contributed by atoms with Crippen molar-refractivity contribution in [3.8, 4) is 17.2 Å². The summed E-state index contributed by atoms with van der Waals surface area (Å²) in [7, 11) is 3.26. The standard InChI is InChI=1S/C22H26O4/c1-5-7-20-17(14-19(24-3)15-22(20)25-4)10-13-21(23)16-8-11-18(12-9-16)26-6-2/h8-15H,5-7H2,1-4H3. The van der Waals surface area contributed by atoms with Crippen molar-refractivity contribution in [2.24, 2.45) is 0 Å². The van der Waals surface area contributed by atoms with Gasteiger partial charge in [0.2, 0.25) is 0 Å². The summed E-state index contributed by atoms with van der Waals surface area (Å²) in [4.78, 5) is 12.5. The number of ketones is 1. The number of rotatable bonds is 9. The number of ether oxygens (including phenoxy) is 3. The highest BCUT2D eigenvalue weighted by Crippen LogP contribution is 2.31. The van der Waals surface area contributed by atoms with Crippen molar-refractivity contribution < 1.29 is 19.0 Å². The fourth-order valence-corrected chi connectivity index (χ4v) is 2.75. The number of carbonyl (C=O) groups excluding carboxylic acids is 1. The van der Waals surface area contributed by atoms with Crippen molar-refractivity contribution in [1.29, 1.82) is 0 Å². The number of benzene rings is 2. The van der Waals surface area contributed by atoms with Gasteiger partial charge in [-0.2, -0.15) is 0 Å². The Morgan fingerprint density at radius 1 is 1.00 bits per heavy atom. The van der Waals surface area contributed by atoms with Gasteiger partial charge in [0.1, 0.15) is 17.2 Å². The van der Waals surface area contributed by atoms with Crippen LogP contribution in [-0.2, 0) is 6.42 Å². The number of hydrogen-bond acceptors (Lipinski definition) is 4. The summed E-state index contributed by atoms with van der Waals surface area (Å²) < 4.78 is 16.2. The smallest absolute Gasteiger partial charge is 0.185 e. The average Bonchev–Trinajstić information content (AvgIpc) is 2.67. The molecule has 0 fully saturated rings. The molecule has 0 saturated heterocycles. The summed E-state index contributed by atoms with van der Waals surface area (Å²) in [5.41, 5.74) is 2.63. The predicted octanol–water partition coefficient (Wildman–Crippen LogP) is 4.95. The van der Waals surface area contributed by atoms with Gasteiger partial charge in [-0.3, -0.25) is 4.79 Å². The molecule has 0 N–H and O–H groups in total. The summed E-state index contributed by atoms with van der Waals surface area (Å²) in [5.74, 6) is 2.18. The Morgan fingerprint density at radius 2 is 1.73 bits per heavy atom. The third-order valence-corrected chi connectivity index (χ3v) is 4.04. The average molecular weight is 354 g/mol. The molecule has 2 aromatic carbocycles. The first-order valence-electron chi connectivity index (χ1n) is 8.83. The van der Waals surface area contributed by atoms with Crippen molar-refractivity contribution in [2.45, 2.75) is 26.7 Å². The van der Waals surface area contributed by atoms with E-state index in [1.54, 1.807) is 32.4 Å². The molecular formula is C22H26O4. The summed E-state index contributed by atoms with van der Waals surface area (Å²) in [6.07, 6.45) is 5.26. The first-order chi connectivity index (χ1) is 12.6. The van der Waals surface area contributed by atoms with E-state index >= 15 is 0 Å². The van der Waals surface area contributed by atoms with Crippen molar-refractivity contribution in [1.82, 2.24) is 0 Å². The molecule has 0 unspecified atom stereocenters. The van der Waals surface area contributed by atoms with Crippen LogP contribution in [-0.4, -0.2) is 26.6 Å². The Balaban J connectivity index is 2.28. The quantitative estimate of drug-likeness (QED) is 0.472. The van der Waals surface area contributed by atoms with E-state index in [4.69, 9.17) is 14.2 Å². The largest absolute Gasteiger partial charge is 0.497 e. The highest BCUT2D eigenvalue weighted by molar-refractivity contribution is 6.07.